The van der Waals surface area contributed by atoms with Gasteiger partial charge in [-0.25, -0.2) is 0 Å². The van der Waals surface area contributed by atoms with Crippen molar-refractivity contribution in [1.29, 1.82) is 0 Å². The van der Waals surface area contributed by atoms with Gasteiger partial charge in [-0.1, -0.05) is 13.8 Å². The molecule has 0 aromatic heterocycles. The quantitative estimate of drug-likeness (QED) is 0.805. The first-order chi connectivity index (χ1) is 8.50. The Morgan fingerprint density at radius 1 is 1.39 bits per heavy atom. The predicted molar refractivity (Wildman–Crippen MR) is 75.4 cm³/mol. The molecule has 1 fully saturated rings. The van der Waals surface area contributed by atoms with E-state index in [1.54, 1.807) is 0 Å². The Kier molecular flexibility index (Phi) is 5.60. The van der Waals surface area contributed by atoms with Gasteiger partial charge in [0.2, 0.25) is 5.91 Å². The fourth-order valence-corrected chi connectivity index (χ4v) is 2.82. The second kappa shape index (κ2) is 6.53. The zero-order chi connectivity index (χ0) is 13.8. The minimum absolute atomic E-state index is 0.265. The van der Waals surface area contributed by atoms with Crippen LogP contribution in [0.2, 0.25) is 0 Å². The molecule has 1 atom stereocenters. The molecule has 0 bridgehead atoms. The molecule has 1 aliphatic rings. The van der Waals surface area contributed by atoms with Gasteiger partial charge in [0.15, 0.2) is 0 Å². The molecule has 1 saturated heterocycles. The van der Waals surface area contributed by atoms with Crippen molar-refractivity contribution in [2.75, 3.05) is 33.7 Å². The lowest BCUT2D eigenvalue weighted by Gasteiger charge is -2.41. The molecule has 18 heavy (non-hydrogen) atoms. The van der Waals surface area contributed by atoms with Crippen molar-refractivity contribution in [2.45, 2.75) is 45.6 Å². The lowest BCUT2D eigenvalue weighted by atomic mass is 9.80. The summed E-state index contributed by atoms with van der Waals surface area (Å²) in [5.74, 6) is 0.265. The van der Waals surface area contributed by atoms with Crippen molar-refractivity contribution >= 4 is 5.91 Å². The molecular formula is C14H29N3O. The standard InChI is InChI=1S/C14H29N3O/c1-5-14(6-2,11-15)13(18)17-9-7-8-12(10-17)16(3)4/h12H,5-11,15H2,1-4H3. The molecule has 0 spiro atoms. The smallest absolute Gasteiger partial charge is 0.230 e. The Morgan fingerprint density at radius 3 is 2.44 bits per heavy atom. The molecule has 1 rings (SSSR count). The minimum Gasteiger partial charge on any atom is -0.341 e. The third-order valence-corrected chi connectivity index (χ3v) is 4.61. The molecule has 2 N–H and O–H groups in total. The highest BCUT2D eigenvalue weighted by Gasteiger charge is 2.38. The third kappa shape index (κ3) is 3.04. The fourth-order valence-electron chi connectivity index (χ4n) is 2.82. The molecule has 1 amide bonds. The van der Waals surface area contributed by atoms with E-state index in [0.717, 1.165) is 32.4 Å². The maximum atomic E-state index is 12.7. The molecule has 4 nitrogen and oxygen atoms in total. The molecule has 0 radical (unpaired) electrons. The van der Waals surface area contributed by atoms with Gasteiger partial charge in [0.05, 0.1) is 5.41 Å². The number of nitrogens with two attached hydrogens (primary N) is 1. The van der Waals surface area contributed by atoms with Crippen LogP contribution in [-0.2, 0) is 4.79 Å². The number of amides is 1. The monoisotopic (exact) mass is 255 g/mol. The first-order valence-electron chi connectivity index (χ1n) is 7.16. The number of nitrogens with zero attached hydrogens (tertiary/aromatic N) is 2. The minimum atomic E-state index is -0.339. The van der Waals surface area contributed by atoms with Crippen molar-refractivity contribution in [3.8, 4) is 0 Å². The van der Waals surface area contributed by atoms with Gasteiger partial charge in [-0.2, -0.15) is 0 Å². The normalized spacial score (nSPS) is 21.4. The fraction of sp³-hybridized carbons (Fsp3) is 0.929. The first kappa shape index (κ1) is 15.4. The van der Waals surface area contributed by atoms with Gasteiger partial charge in [-0.15, -0.1) is 0 Å². The number of hydrogen-bond acceptors (Lipinski definition) is 3. The number of piperidine rings is 1. The molecule has 0 aromatic rings. The predicted octanol–water partition coefficient (Wildman–Crippen LogP) is 1.30. The van der Waals surface area contributed by atoms with Crippen molar-refractivity contribution < 1.29 is 4.79 Å². The first-order valence-corrected chi connectivity index (χ1v) is 7.16. The van der Waals surface area contributed by atoms with Crippen molar-refractivity contribution in [1.82, 2.24) is 9.80 Å². The van der Waals surface area contributed by atoms with Gasteiger partial charge in [0.1, 0.15) is 0 Å². The number of likely N-dealkylation sites (N-methyl/N-ethyl adjacent to an activating group) is 1. The van der Waals surface area contributed by atoms with E-state index in [0.29, 0.717) is 12.6 Å². The topological polar surface area (TPSA) is 49.6 Å². The maximum absolute atomic E-state index is 12.7. The number of rotatable bonds is 5. The lowest BCUT2D eigenvalue weighted by molar-refractivity contribution is -0.144. The highest BCUT2D eigenvalue weighted by molar-refractivity contribution is 5.83. The Labute approximate surface area is 111 Å². The Bertz CT molecular complexity index is 266. The SMILES string of the molecule is CCC(CC)(CN)C(=O)N1CCCC(N(C)C)C1. The van der Waals surface area contributed by atoms with Crippen molar-refractivity contribution in [2.24, 2.45) is 11.1 Å². The second-order valence-electron chi connectivity index (χ2n) is 5.70. The summed E-state index contributed by atoms with van der Waals surface area (Å²) in [6.07, 6.45) is 3.96. The summed E-state index contributed by atoms with van der Waals surface area (Å²) < 4.78 is 0. The van der Waals surface area contributed by atoms with Crippen LogP contribution in [0.5, 0.6) is 0 Å². The molecule has 4 heteroatoms. The van der Waals surface area contributed by atoms with E-state index in [9.17, 15) is 4.79 Å². The number of carbonyl (C=O) groups is 1. The zero-order valence-corrected chi connectivity index (χ0v) is 12.4. The lowest BCUT2D eigenvalue weighted by Crippen LogP contribution is -2.54. The van der Waals surface area contributed by atoms with Crippen LogP contribution in [0, 0.1) is 5.41 Å². The van der Waals surface area contributed by atoms with Gasteiger partial charge in [0.25, 0.3) is 0 Å². The van der Waals surface area contributed by atoms with E-state index in [2.05, 4.69) is 32.8 Å². The van der Waals surface area contributed by atoms with Gasteiger partial charge < -0.3 is 15.5 Å². The Morgan fingerprint density at radius 2 is 2.00 bits per heavy atom. The molecular weight excluding hydrogens is 226 g/mol. The van der Waals surface area contributed by atoms with E-state index in [1.807, 2.05) is 4.90 Å². The molecule has 0 saturated carbocycles. The van der Waals surface area contributed by atoms with Crippen molar-refractivity contribution in [3.05, 3.63) is 0 Å². The van der Waals surface area contributed by atoms with Crippen molar-refractivity contribution in [3.63, 3.8) is 0 Å². The summed E-state index contributed by atoms with van der Waals surface area (Å²) in [4.78, 5) is 17.0. The average Bonchev–Trinajstić information content (AvgIpc) is 2.41. The van der Waals surface area contributed by atoms with Gasteiger partial charge in [-0.3, -0.25) is 4.79 Å². The molecule has 1 aliphatic heterocycles. The molecule has 1 unspecified atom stereocenters. The van der Waals surface area contributed by atoms with E-state index in [1.165, 1.54) is 6.42 Å². The largest absolute Gasteiger partial charge is 0.341 e. The summed E-state index contributed by atoms with van der Waals surface area (Å²) in [6, 6.07) is 0.492. The summed E-state index contributed by atoms with van der Waals surface area (Å²) >= 11 is 0. The number of hydrogen-bond donors (Lipinski definition) is 1. The van der Waals surface area contributed by atoms with E-state index >= 15 is 0 Å². The van der Waals surface area contributed by atoms with Crippen LogP contribution < -0.4 is 5.73 Å². The van der Waals surface area contributed by atoms with Gasteiger partial charge in [0, 0.05) is 25.7 Å². The Balaban J connectivity index is 2.76. The summed E-state index contributed by atoms with van der Waals surface area (Å²) in [7, 11) is 4.18. The van der Waals surface area contributed by atoms with Crippen LogP contribution in [0.1, 0.15) is 39.5 Å². The highest BCUT2D eigenvalue weighted by Crippen LogP contribution is 2.29. The molecule has 0 aromatic carbocycles. The number of carbonyl (C=O) groups excluding carboxylic acids is 1. The molecule has 0 aliphatic carbocycles. The van der Waals surface area contributed by atoms with Crippen LogP contribution >= 0.6 is 0 Å². The van der Waals surface area contributed by atoms with Gasteiger partial charge in [-0.05, 0) is 39.8 Å². The average molecular weight is 255 g/mol. The molecule has 1 heterocycles. The summed E-state index contributed by atoms with van der Waals surface area (Å²) in [6.45, 7) is 6.35. The van der Waals surface area contributed by atoms with Crippen LogP contribution in [0.4, 0.5) is 0 Å². The van der Waals surface area contributed by atoms with Gasteiger partial charge >= 0.3 is 0 Å². The van der Waals surface area contributed by atoms with Crippen LogP contribution in [-0.4, -0.2) is 55.5 Å². The third-order valence-electron chi connectivity index (χ3n) is 4.61. The number of likely N-dealkylation sites (tertiary alicyclic amines) is 1. The van der Waals surface area contributed by atoms with Crippen LogP contribution in [0.25, 0.3) is 0 Å². The summed E-state index contributed by atoms with van der Waals surface area (Å²) in [5, 5.41) is 0. The van der Waals surface area contributed by atoms with Crippen LogP contribution in [0.15, 0.2) is 0 Å². The zero-order valence-electron chi connectivity index (χ0n) is 12.4. The highest BCUT2D eigenvalue weighted by atomic mass is 16.2. The van der Waals surface area contributed by atoms with Crippen LogP contribution in [0.3, 0.4) is 0 Å². The van der Waals surface area contributed by atoms with E-state index < -0.39 is 0 Å². The second-order valence-corrected chi connectivity index (χ2v) is 5.70. The van der Waals surface area contributed by atoms with E-state index in [-0.39, 0.29) is 11.3 Å². The Hall–Kier alpha value is -0.610. The summed E-state index contributed by atoms with van der Waals surface area (Å²) in [5.41, 5.74) is 5.53. The van der Waals surface area contributed by atoms with E-state index in [4.69, 9.17) is 5.73 Å². The maximum Gasteiger partial charge on any atom is 0.230 e. The molecule has 106 valence electrons.